The molecule has 2 aliphatic heterocycles. The Morgan fingerprint density at radius 2 is 1.88 bits per heavy atom. The first-order valence-corrected chi connectivity index (χ1v) is 17.1. The molecule has 1 amide bonds. The second kappa shape index (κ2) is 12.9. The zero-order valence-corrected chi connectivity index (χ0v) is 28.9. The number of carbonyl (C=O) groups is 2. The molecule has 0 spiro atoms. The number of imidazole rings is 1. The van der Waals surface area contributed by atoms with E-state index >= 15 is 0 Å². The molecule has 4 aromatic rings. The molecule has 3 heterocycles. The van der Waals surface area contributed by atoms with Gasteiger partial charge in [-0.1, -0.05) is 59.6 Å². The topological polar surface area (TPSA) is 99.9 Å². The van der Waals surface area contributed by atoms with Gasteiger partial charge in [0.1, 0.15) is 5.75 Å². The van der Waals surface area contributed by atoms with E-state index in [0.29, 0.717) is 41.1 Å². The summed E-state index contributed by atoms with van der Waals surface area (Å²) >= 11 is 14.0. The van der Waals surface area contributed by atoms with Gasteiger partial charge in [0.25, 0.3) is 5.91 Å². The van der Waals surface area contributed by atoms with E-state index in [0.717, 1.165) is 83.9 Å². The summed E-state index contributed by atoms with van der Waals surface area (Å²) in [6, 6.07) is 18.1. The van der Waals surface area contributed by atoms with E-state index in [4.69, 9.17) is 27.9 Å². The Hall–Kier alpha value is -3.89. The second-order valence-corrected chi connectivity index (χ2v) is 14.1. The maximum absolute atomic E-state index is 13.4. The second-order valence-electron chi connectivity index (χ2n) is 13.4. The van der Waals surface area contributed by atoms with Crippen molar-refractivity contribution in [2.75, 3.05) is 39.1 Å². The summed E-state index contributed by atoms with van der Waals surface area (Å²) in [6.45, 7) is 3.49. The van der Waals surface area contributed by atoms with Crippen molar-refractivity contribution in [2.24, 2.45) is 13.0 Å². The molecule has 48 heavy (non-hydrogen) atoms. The van der Waals surface area contributed by atoms with Crippen molar-refractivity contribution in [3.05, 3.63) is 98.5 Å². The number of fused-ring (bicyclic) bond motifs is 1. The molecule has 0 bridgehead atoms. The molecule has 9 nitrogen and oxygen atoms in total. The van der Waals surface area contributed by atoms with Gasteiger partial charge in [0, 0.05) is 66.9 Å². The molecular formula is C37H39Cl2N5O4. The first-order chi connectivity index (χ1) is 23.1. The van der Waals surface area contributed by atoms with Crippen LogP contribution in [0.4, 0.5) is 5.69 Å². The number of rotatable bonds is 9. The molecule has 7 rings (SSSR count). The molecule has 1 aromatic heterocycles. The van der Waals surface area contributed by atoms with Crippen LogP contribution in [-0.2, 0) is 36.8 Å². The van der Waals surface area contributed by atoms with E-state index in [1.807, 2.05) is 48.0 Å². The van der Waals surface area contributed by atoms with Crippen LogP contribution >= 0.6 is 23.2 Å². The fourth-order valence-electron chi connectivity index (χ4n) is 7.41. The van der Waals surface area contributed by atoms with Crippen molar-refractivity contribution in [1.29, 1.82) is 0 Å². The van der Waals surface area contributed by atoms with Gasteiger partial charge in [0.15, 0.2) is 5.82 Å². The number of nitrogens with zero attached hydrogens (tertiary/aromatic N) is 4. The zero-order valence-electron chi connectivity index (χ0n) is 27.4. The van der Waals surface area contributed by atoms with E-state index in [9.17, 15) is 14.7 Å². The van der Waals surface area contributed by atoms with Crippen molar-refractivity contribution in [3.8, 4) is 16.9 Å². The number of carboxylic acid groups (broad SMARTS) is 1. The predicted octanol–water partition coefficient (Wildman–Crippen LogP) is 6.63. The number of aromatic nitrogens is 2. The lowest BCUT2D eigenvalue weighted by Crippen LogP contribution is -2.27. The quantitative estimate of drug-likeness (QED) is 0.204. The summed E-state index contributed by atoms with van der Waals surface area (Å²) in [5, 5.41) is 13.6. The minimum absolute atomic E-state index is 0.259. The normalized spacial score (nSPS) is 18.8. The highest BCUT2D eigenvalue weighted by Gasteiger charge is 2.47. The van der Waals surface area contributed by atoms with E-state index in [2.05, 4.69) is 45.3 Å². The zero-order chi connectivity index (χ0) is 33.7. The number of aliphatic carboxylic acids is 1. The Bertz CT molecular complexity index is 1920. The number of nitrogens with one attached hydrogen (secondary N) is 1. The molecule has 1 atom stereocenters. The number of hydrogen-bond donors (Lipinski definition) is 2. The van der Waals surface area contributed by atoms with Gasteiger partial charge in [0.2, 0.25) is 0 Å². The maximum atomic E-state index is 13.4. The summed E-state index contributed by atoms with van der Waals surface area (Å²) in [5.41, 5.74) is 7.16. The van der Waals surface area contributed by atoms with E-state index in [1.54, 1.807) is 7.11 Å². The highest BCUT2D eigenvalue weighted by molar-refractivity contribution is 6.36. The Morgan fingerprint density at radius 1 is 1.08 bits per heavy atom. The number of carboxylic acids is 1. The first-order valence-electron chi connectivity index (χ1n) is 16.3. The molecular weight excluding hydrogens is 649 g/mol. The Kier molecular flexibility index (Phi) is 8.74. The van der Waals surface area contributed by atoms with Crippen LogP contribution in [-0.4, -0.2) is 70.1 Å². The van der Waals surface area contributed by atoms with Gasteiger partial charge >= 0.3 is 5.97 Å². The van der Waals surface area contributed by atoms with E-state index in [-0.39, 0.29) is 17.2 Å². The average Bonchev–Trinajstić information content (AvgIpc) is 3.62. The van der Waals surface area contributed by atoms with Crippen LogP contribution in [0.5, 0.6) is 5.75 Å². The molecule has 2 N–H and O–H groups in total. The highest BCUT2D eigenvalue weighted by Crippen LogP contribution is 2.57. The Morgan fingerprint density at radius 3 is 2.60 bits per heavy atom. The van der Waals surface area contributed by atoms with Crippen molar-refractivity contribution < 1.29 is 19.4 Å². The lowest BCUT2D eigenvalue weighted by atomic mass is 9.85. The lowest BCUT2D eigenvalue weighted by molar-refractivity contribution is -0.141. The van der Waals surface area contributed by atoms with Gasteiger partial charge in [-0.3, -0.25) is 14.5 Å². The molecule has 2 fully saturated rings. The lowest BCUT2D eigenvalue weighted by Gasteiger charge is -2.23. The van der Waals surface area contributed by atoms with Gasteiger partial charge in [-0.05, 0) is 67.7 Å². The minimum atomic E-state index is -0.746. The predicted molar refractivity (Wildman–Crippen MR) is 187 cm³/mol. The number of likely N-dealkylation sites (tertiary alicyclic amines) is 1. The molecule has 11 heteroatoms. The first kappa shape index (κ1) is 32.6. The number of carbonyl (C=O) groups excluding carboxylic acids is 1. The number of halogens is 2. The number of likely N-dealkylation sites (N-methyl/N-ethyl adjacent to an activating group) is 1. The Labute approximate surface area is 290 Å². The van der Waals surface area contributed by atoms with Crippen LogP contribution in [0.2, 0.25) is 10.0 Å². The smallest absolute Gasteiger partial charge is 0.307 e. The van der Waals surface area contributed by atoms with Crippen LogP contribution < -0.4 is 10.1 Å². The van der Waals surface area contributed by atoms with Crippen LogP contribution in [0.25, 0.3) is 11.1 Å². The monoisotopic (exact) mass is 687 g/mol. The number of amides is 1. The van der Waals surface area contributed by atoms with Gasteiger partial charge in [-0.15, -0.1) is 0 Å². The number of benzene rings is 3. The SMILES string of the molecule is COc1cc(C2(c3cccc(-c4cccc(NC(=O)c5nc6c(n5C)CCN(C)C6)c4Cl)c3)CC2)c(Cl)cc1CN1CCC(C(=O)O)C1. The van der Waals surface area contributed by atoms with Crippen LogP contribution in [0.15, 0.2) is 54.6 Å². The Balaban J connectivity index is 1.14. The highest BCUT2D eigenvalue weighted by atomic mass is 35.5. The fraction of sp³-hybridized carbons (Fsp3) is 0.378. The summed E-state index contributed by atoms with van der Waals surface area (Å²) in [4.78, 5) is 33.9. The maximum Gasteiger partial charge on any atom is 0.307 e. The molecule has 3 aromatic carbocycles. The van der Waals surface area contributed by atoms with Crippen LogP contribution in [0.1, 0.15) is 58.0 Å². The molecule has 1 saturated carbocycles. The summed E-state index contributed by atoms with van der Waals surface area (Å²) < 4.78 is 7.73. The largest absolute Gasteiger partial charge is 0.496 e. The third-order valence-electron chi connectivity index (χ3n) is 10.3. The van der Waals surface area contributed by atoms with Gasteiger partial charge < -0.3 is 24.6 Å². The van der Waals surface area contributed by atoms with Gasteiger partial charge in [-0.2, -0.15) is 0 Å². The summed E-state index contributed by atoms with van der Waals surface area (Å²) in [6.07, 6.45) is 3.38. The molecule has 1 saturated heterocycles. The van der Waals surface area contributed by atoms with Crippen LogP contribution in [0, 0.1) is 5.92 Å². The number of hydrogen-bond acceptors (Lipinski definition) is 6. The minimum Gasteiger partial charge on any atom is -0.496 e. The standard InChI is InChI=1S/C37H39Cl2N5O4/c1-42-14-11-31-30(21-42)40-34(43(31)2)35(45)41-29-9-5-8-26(33(29)39)22-6-4-7-25(16-22)37(12-13-37)27-18-32(48-3)24(17-28(27)38)20-44-15-10-23(19-44)36(46)47/h4-9,16-18,23H,10-15,19-21H2,1-3H3,(H,41,45)(H,46,47). The summed E-state index contributed by atoms with van der Waals surface area (Å²) in [7, 11) is 5.61. The van der Waals surface area contributed by atoms with Gasteiger partial charge in [0.05, 0.1) is 29.4 Å². The van der Waals surface area contributed by atoms with Crippen molar-refractivity contribution in [1.82, 2.24) is 19.4 Å². The molecule has 1 aliphatic carbocycles. The molecule has 0 radical (unpaired) electrons. The summed E-state index contributed by atoms with van der Waals surface area (Å²) in [5.74, 6) is -0.255. The van der Waals surface area contributed by atoms with Crippen LogP contribution in [0.3, 0.4) is 0 Å². The third kappa shape index (κ3) is 5.98. The average molecular weight is 689 g/mol. The number of methoxy groups -OCH3 is 1. The van der Waals surface area contributed by atoms with E-state index in [1.165, 1.54) is 0 Å². The van der Waals surface area contributed by atoms with Crippen molar-refractivity contribution in [2.45, 2.75) is 44.2 Å². The van der Waals surface area contributed by atoms with Crippen molar-refractivity contribution in [3.63, 3.8) is 0 Å². The third-order valence-corrected chi connectivity index (χ3v) is 11.0. The van der Waals surface area contributed by atoms with Gasteiger partial charge in [-0.25, -0.2) is 4.98 Å². The molecule has 1 unspecified atom stereocenters. The molecule has 250 valence electrons. The number of anilines is 1. The van der Waals surface area contributed by atoms with Crippen molar-refractivity contribution >= 4 is 40.8 Å². The fourth-order valence-corrected chi connectivity index (χ4v) is 8.06. The molecule has 3 aliphatic rings. The van der Waals surface area contributed by atoms with E-state index < -0.39 is 5.97 Å². The number of ether oxygens (including phenoxy) is 1.